The van der Waals surface area contributed by atoms with E-state index in [9.17, 15) is 4.79 Å². The smallest absolute Gasteiger partial charge is 0.261 e. The van der Waals surface area contributed by atoms with Crippen molar-refractivity contribution < 1.29 is 9.53 Å². The monoisotopic (exact) mass is 359 g/mol. The highest BCUT2D eigenvalue weighted by Gasteiger charge is 2.23. The highest BCUT2D eigenvalue weighted by molar-refractivity contribution is 6.32. The Morgan fingerprint density at radius 3 is 2.32 bits per heavy atom. The number of para-hydroxylation sites is 1. The van der Waals surface area contributed by atoms with Gasteiger partial charge in [0.05, 0.1) is 11.1 Å². The van der Waals surface area contributed by atoms with Gasteiger partial charge in [-0.2, -0.15) is 0 Å². The number of carbonyl (C=O) groups excluding carboxylic acids is 1. The van der Waals surface area contributed by atoms with Crippen LogP contribution in [0, 0.1) is 5.92 Å². The third-order valence-corrected chi connectivity index (χ3v) is 4.31. The molecule has 2 aromatic carbocycles. The molecule has 0 heterocycles. The van der Waals surface area contributed by atoms with Crippen LogP contribution in [0.1, 0.15) is 45.2 Å². The average molecular weight is 360 g/mol. The standard InChI is InChI=1S/C21H26ClNO2/c1-4-19(25-20-13-9-8-12-17(20)22)21(24)23-18(14-15(2)3)16-10-6-5-7-11-16/h5-13,15,18-19H,4,14H2,1-3H3,(H,23,24)/t18-,19-/m1/s1. The van der Waals surface area contributed by atoms with E-state index in [2.05, 4.69) is 19.2 Å². The minimum Gasteiger partial charge on any atom is -0.479 e. The first-order chi connectivity index (χ1) is 12.0. The van der Waals surface area contributed by atoms with Crippen LogP contribution in [0.3, 0.4) is 0 Å². The van der Waals surface area contributed by atoms with Gasteiger partial charge in [0.25, 0.3) is 5.91 Å². The molecule has 0 aromatic heterocycles. The maximum atomic E-state index is 12.8. The molecule has 4 heteroatoms. The van der Waals surface area contributed by atoms with Gasteiger partial charge in [-0.25, -0.2) is 0 Å². The molecule has 0 saturated carbocycles. The zero-order valence-corrected chi connectivity index (χ0v) is 15.8. The number of amides is 1. The normalized spacial score (nSPS) is 13.3. The SMILES string of the molecule is CC[C@@H](Oc1ccccc1Cl)C(=O)N[C@H](CC(C)C)c1ccccc1. The van der Waals surface area contributed by atoms with E-state index in [-0.39, 0.29) is 11.9 Å². The molecule has 0 unspecified atom stereocenters. The second kappa shape index (κ2) is 9.47. The Morgan fingerprint density at radius 2 is 1.72 bits per heavy atom. The van der Waals surface area contributed by atoms with Crippen molar-refractivity contribution >= 4 is 17.5 Å². The van der Waals surface area contributed by atoms with Gasteiger partial charge in [0.15, 0.2) is 6.10 Å². The van der Waals surface area contributed by atoms with E-state index in [0.29, 0.717) is 23.1 Å². The lowest BCUT2D eigenvalue weighted by atomic mass is 9.96. The van der Waals surface area contributed by atoms with Gasteiger partial charge in [-0.15, -0.1) is 0 Å². The molecule has 0 aliphatic rings. The number of ether oxygens (including phenoxy) is 1. The van der Waals surface area contributed by atoms with Crippen molar-refractivity contribution in [2.45, 2.75) is 45.8 Å². The largest absolute Gasteiger partial charge is 0.479 e. The highest BCUT2D eigenvalue weighted by Crippen LogP contribution is 2.26. The van der Waals surface area contributed by atoms with Crippen molar-refractivity contribution in [2.75, 3.05) is 0 Å². The van der Waals surface area contributed by atoms with Crippen molar-refractivity contribution in [2.24, 2.45) is 5.92 Å². The summed E-state index contributed by atoms with van der Waals surface area (Å²) in [6.45, 7) is 6.24. The van der Waals surface area contributed by atoms with Crippen molar-refractivity contribution in [3.8, 4) is 5.75 Å². The molecule has 1 amide bonds. The average Bonchev–Trinajstić information content (AvgIpc) is 2.60. The third kappa shape index (κ3) is 5.79. The van der Waals surface area contributed by atoms with E-state index < -0.39 is 6.10 Å². The van der Waals surface area contributed by atoms with E-state index in [1.54, 1.807) is 12.1 Å². The Labute approximate surface area is 155 Å². The Morgan fingerprint density at radius 1 is 1.08 bits per heavy atom. The second-order valence-corrected chi connectivity index (χ2v) is 6.95. The van der Waals surface area contributed by atoms with Gasteiger partial charge in [-0.05, 0) is 36.5 Å². The van der Waals surface area contributed by atoms with Crippen LogP contribution in [0.25, 0.3) is 0 Å². The molecule has 2 atom stereocenters. The van der Waals surface area contributed by atoms with Gasteiger partial charge >= 0.3 is 0 Å². The lowest BCUT2D eigenvalue weighted by Gasteiger charge is -2.24. The Kier molecular flexibility index (Phi) is 7.32. The number of hydrogen-bond donors (Lipinski definition) is 1. The van der Waals surface area contributed by atoms with E-state index in [1.807, 2.05) is 49.4 Å². The van der Waals surface area contributed by atoms with Crippen LogP contribution in [0.5, 0.6) is 5.75 Å². The number of rotatable bonds is 8. The molecular weight excluding hydrogens is 334 g/mol. The maximum absolute atomic E-state index is 12.8. The molecule has 1 N–H and O–H groups in total. The summed E-state index contributed by atoms with van der Waals surface area (Å²) >= 11 is 6.14. The molecular formula is C21H26ClNO2. The van der Waals surface area contributed by atoms with Crippen LogP contribution in [0.15, 0.2) is 54.6 Å². The number of nitrogens with one attached hydrogen (secondary N) is 1. The maximum Gasteiger partial charge on any atom is 0.261 e. The molecule has 0 aliphatic heterocycles. The van der Waals surface area contributed by atoms with E-state index in [4.69, 9.17) is 16.3 Å². The second-order valence-electron chi connectivity index (χ2n) is 6.55. The molecule has 2 rings (SSSR count). The predicted molar refractivity (Wildman–Crippen MR) is 103 cm³/mol. The first-order valence-corrected chi connectivity index (χ1v) is 9.15. The first-order valence-electron chi connectivity index (χ1n) is 8.77. The topological polar surface area (TPSA) is 38.3 Å². The summed E-state index contributed by atoms with van der Waals surface area (Å²) in [5.74, 6) is 0.887. The van der Waals surface area contributed by atoms with Crippen LogP contribution in [0.2, 0.25) is 5.02 Å². The van der Waals surface area contributed by atoms with Crippen molar-refractivity contribution in [3.63, 3.8) is 0 Å². The molecule has 0 aliphatic carbocycles. The van der Waals surface area contributed by atoms with Gasteiger partial charge in [-0.1, -0.05) is 74.8 Å². The van der Waals surface area contributed by atoms with Gasteiger partial charge in [0.2, 0.25) is 0 Å². The molecule has 0 saturated heterocycles. The molecule has 0 spiro atoms. The van der Waals surface area contributed by atoms with Crippen molar-refractivity contribution in [1.82, 2.24) is 5.32 Å². The summed E-state index contributed by atoms with van der Waals surface area (Å²) in [5, 5.41) is 3.66. The van der Waals surface area contributed by atoms with Crippen LogP contribution < -0.4 is 10.1 Å². The quantitative estimate of drug-likeness (QED) is 0.685. The van der Waals surface area contributed by atoms with Crippen molar-refractivity contribution in [1.29, 1.82) is 0 Å². The van der Waals surface area contributed by atoms with E-state index in [1.165, 1.54) is 0 Å². The van der Waals surface area contributed by atoms with Gasteiger partial charge in [-0.3, -0.25) is 4.79 Å². The predicted octanol–water partition coefficient (Wildman–Crippen LogP) is 5.40. The van der Waals surface area contributed by atoms with Crippen LogP contribution in [-0.4, -0.2) is 12.0 Å². The van der Waals surface area contributed by atoms with E-state index >= 15 is 0 Å². The summed E-state index contributed by atoms with van der Waals surface area (Å²) in [5.41, 5.74) is 1.11. The fraction of sp³-hybridized carbons (Fsp3) is 0.381. The minimum absolute atomic E-state index is 0.0300. The molecule has 3 nitrogen and oxygen atoms in total. The van der Waals surface area contributed by atoms with Crippen molar-refractivity contribution in [3.05, 3.63) is 65.2 Å². The zero-order chi connectivity index (χ0) is 18.2. The van der Waals surface area contributed by atoms with Gasteiger partial charge in [0, 0.05) is 0 Å². The minimum atomic E-state index is -0.571. The lowest BCUT2D eigenvalue weighted by molar-refractivity contribution is -0.129. The Balaban J connectivity index is 2.11. The van der Waals surface area contributed by atoms with Crippen LogP contribution in [0.4, 0.5) is 0 Å². The number of hydrogen-bond acceptors (Lipinski definition) is 2. The first kappa shape index (κ1) is 19.3. The summed E-state index contributed by atoms with van der Waals surface area (Å²) < 4.78 is 5.85. The molecule has 134 valence electrons. The van der Waals surface area contributed by atoms with Gasteiger partial charge < -0.3 is 10.1 Å². The molecule has 2 aromatic rings. The van der Waals surface area contributed by atoms with Crippen LogP contribution >= 0.6 is 11.6 Å². The summed E-state index contributed by atoms with van der Waals surface area (Å²) in [7, 11) is 0. The number of benzene rings is 2. The van der Waals surface area contributed by atoms with Gasteiger partial charge in [0.1, 0.15) is 5.75 Å². The third-order valence-electron chi connectivity index (χ3n) is 3.99. The fourth-order valence-corrected chi connectivity index (χ4v) is 2.90. The molecule has 25 heavy (non-hydrogen) atoms. The lowest BCUT2D eigenvalue weighted by Crippen LogP contribution is -2.40. The highest BCUT2D eigenvalue weighted by atomic mass is 35.5. The van der Waals surface area contributed by atoms with Crippen LogP contribution in [-0.2, 0) is 4.79 Å². The number of halogens is 1. The van der Waals surface area contributed by atoms with E-state index in [0.717, 1.165) is 12.0 Å². The fourth-order valence-electron chi connectivity index (χ4n) is 2.72. The summed E-state index contributed by atoms with van der Waals surface area (Å²) in [6, 6.07) is 17.2. The molecule has 0 bridgehead atoms. The Bertz CT molecular complexity index is 673. The zero-order valence-electron chi connectivity index (χ0n) is 15.0. The summed E-state index contributed by atoms with van der Waals surface area (Å²) in [4.78, 5) is 12.8. The summed E-state index contributed by atoms with van der Waals surface area (Å²) in [6.07, 6.45) is 0.872. The Hall–Kier alpha value is -2.00. The number of carbonyl (C=O) groups is 1. The molecule has 0 fully saturated rings. The molecule has 0 radical (unpaired) electrons.